The van der Waals surface area contributed by atoms with Gasteiger partial charge in [-0.15, -0.1) is 0 Å². The van der Waals surface area contributed by atoms with E-state index in [1.165, 1.54) is 12.1 Å². The van der Waals surface area contributed by atoms with Crippen LogP contribution in [0.5, 0.6) is 0 Å². The Bertz CT molecular complexity index is 925. The lowest BCUT2D eigenvalue weighted by Gasteiger charge is -2.44. The molecule has 30 heavy (non-hydrogen) atoms. The molecule has 0 spiro atoms. The van der Waals surface area contributed by atoms with Gasteiger partial charge in [-0.3, -0.25) is 0 Å². The van der Waals surface area contributed by atoms with Crippen molar-refractivity contribution in [2.24, 2.45) is 5.92 Å². The molecule has 1 aliphatic carbocycles. The summed E-state index contributed by atoms with van der Waals surface area (Å²) in [5.74, 6) is -0.262. The van der Waals surface area contributed by atoms with Gasteiger partial charge in [0.25, 0.3) is 0 Å². The molecule has 1 N–H and O–H groups in total. The second-order valence-electron chi connectivity index (χ2n) is 8.03. The van der Waals surface area contributed by atoms with Crippen LogP contribution in [-0.4, -0.2) is 30.6 Å². The van der Waals surface area contributed by atoms with Gasteiger partial charge in [-0.1, -0.05) is 47.5 Å². The van der Waals surface area contributed by atoms with E-state index in [0.717, 1.165) is 18.1 Å². The normalized spacial score (nSPS) is 23.9. The topological polar surface area (TPSA) is 23.5 Å². The van der Waals surface area contributed by atoms with Gasteiger partial charge >= 0.3 is 6.18 Å². The predicted octanol–water partition coefficient (Wildman–Crippen LogP) is 6.65. The lowest BCUT2D eigenvalue weighted by Crippen LogP contribution is -2.44. The SMILES string of the molecule is CN(C)CC1CCC/C(=C\c2ccc(Cl)cc2)C1(O)c1ccc(Cl)c(C(F)(F)F)c1. The molecule has 162 valence electrons. The maximum absolute atomic E-state index is 13.5. The van der Waals surface area contributed by atoms with Crippen LogP contribution in [0.25, 0.3) is 6.08 Å². The third kappa shape index (κ3) is 4.86. The molecule has 0 amide bonds. The lowest BCUT2D eigenvalue weighted by atomic mass is 9.67. The van der Waals surface area contributed by atoms with Crippen molar-refractivity contribution in [1.82, 2.24) is 4.90 Å². The Hall–Kier alpha value is -1.53. The zero-order valence-corrected chi connectivity index (χ0v) is 18.3. The highest BCUT2D eigenvalue weighted by atomic mass is 35.5. The number of alkyl halides is 3. The van der Waals surface area contributed by atoms with Crippen LogP contribution >= 0.6 is 23.2 Å². The Labute approximate surface area is 184 Å². The van der Waals surface area contributed by atoms with Gasteiger partial charge in [0.2, 0.25) is 0 Å². The first-order chi connectivity index (χ1) is 14.0. The molecule has 1 aliphatic rings. The minimum atomic E-state index is -4.60. The Morgan fingerprint density at radius 1 is 1.13 bits per heavy atom. The van der Waals surface area contributed by atoms with Gasteiger partial charge in [-0.05, 0) is 74.3 Å². The van der Waals surface area contributed by atoms with E-state index in [0.29, 0.717) is 30.0 Å². The van der Waals surface area contributed by atoms with E-state index in [-0.39, 0.29) is 16.5 Å². The second-order valence-corrected chi connectivity index (χ2v) is 8.87. The molecule has 0 heterocycles. The average molecular weight is 458 g/mol. The maximum atomic E-state index is 13.5. The second kappa shape index (κ2) is 8.91. The smallest absolute Gasteiger partial charge is 0.380 e. The molecule has 0 saturated heterocycles. The number of nitrogens with zero attached hydrogens (tertiary/aromatic N) is 1. The number of aliphatic hydroxyl groups is 1. The molecule has 0 bridgehead atoms. The molecule has 2 atom stereocenters. The largest absolute Gasteiger partial charge is 0.417 e. The minimum absolute atomic E-state index is 0.214. The number of halogens is 5. The van der Waals surface area contributed by atoms with E-state index in [1.807, 2.05) is 37.2 Å². The van der Waals surface area contributed by atoms with Crippen molar-refractivity contribution in [3.05, 3.63) is 74.8 Å². The molecule has 2 aromatic rings. The van der Waals surface area contributed by atoms with Gasteiger partial charge in [0.05, 0.1) is 10.6 Å². The van der Waals surface area contributed by atoms with Crippen molar-refractivity contribution in [1.29, 1.82) is 0 Å². The molecule has 0 radical (unpaired) electrons. The summed E-state index contributed by atoms with van der Waals surface area (Å²) in [5.41, 5.74) is -0.727. The molecule has 2 aromatic carbocycles. The first-order valence-electron chi connectivity index (χ1n) is 9.72. The fraction of sp³-hybridized carbons (Fsp3) is 0.391. The summed E-state index contributed by atoms with van der Waals surface area (Å²) in [4.78, 5) is 1.95. The van der Waals surface area contributed by atoms with Crippen LogP contribution in [0, 0.1) is 5.92 Å². The summed E-state index contributed by atoms with van der Waals surface area (Å²) in [6.07, 6.45) is -0.598. The van der Waals surface area contributed by atoms with E-state index < -0.39 is 17.3 Å². The van der Waals surface area contributed by atoms with E-state index in [1.54, 1.807) is 12.1 Å². The molecule has 7 heteroatoms. The van der Waals surface area contributed by atoms with Gasteiger partial charge in [-0.2, -0.15) is 13.2 Å². The molecule has 3 rings (SSSR count). The standard InChI is InChI=1S/C23H24Cl2F3NO/c1-29(2)14-18-5-3-4-16(12-15-6-9-19(24)10-7-15)22(18,30)17-8-11-21(25)20(13-17)23(26,27)28/h6-13,18,30H,3-5,14H2,1-2H3/b16-12+. The summed E-state index contributed by atoms with van der Waals surface area (Å²) < 4.78 is 40.5. The van der Waals surface area contributed by atoms with Crippen molar-refractivity contribution in [3.63, 3.8) is 0 Å². The van der Waals surface area contributed by atoms with Gasteiger partial charge in [-0.25, -0.2) is 0 Å². The van der Waals surface area contributed by atoms with Crippen LogP contribution in [0.15, 0.2) is 48.0 Å². The molecule has 1 fully saturated rings. The van der Waals surface area contributed by atoms with E-state index in [4.69, 9.17) is 23.2 Å². The van der Waals surface area contributed by atoms with Crippen LogP contribution < -0.4 is 0 Å². The van der Waals surface area contributed by atoms with Crippen LogP contribution in [-0.2, 0) is 11.8 Å². The summed E-state index contributed by atoms with van der Waals surface area (Å²) in [5, 5.41) is 12.2. The summed E-state index contributed by atoms with van der Waals surface area (Å²) in [7, 11) is 3.78. The number of benzene rings is 2. The fourth-order valence-corrected chi connectivity index (χ4v) is 4.56. The quantitative estimate of drug-likeness (QED) is 0.555. The Morgan fingerprint density at radius 2 is 1.80 bits per heavy atom. The van der Waals surface area contributed by atoms with Crippen LogP contribution in [0.3, 0.4) is 0 Å². The highest BCUT2D eigenvalue weighted by molar-refractivity contribution is 6.31. The molecule has 2 nitrogen and oxygen atoms in total. The van der Waals surface area contributed by atoms with Crippen LogP contribution in [0.1, 0.15) is 36.0 Å². The van der Waals surface area contributed by atoms with E-state index in [9.17, 15) is 18.3 Å². The molecule has 2 unspecified atom stereocenters. The minimum Gasteiger partial charge on any atom is -0.380 e. The van der Waals surface area contributed by atoms with Gasteiger partial charge in [0.15, 0.2) is 0 Å². The first kappa shape index (κ1) is 23.1. The molecule has 0 aromatic heterocycles. The van der Waals surface area contributed by atoms with Gasteiger partial charge < -0.3 is 10.0 Å². The van der Waals surface area contributed by atoms with Crippen molar-refractivity contribution in [3.8, 4) is 0 Å². The predicted molar refractivity (Wildman–Crippen MR) is 116 cm³/mol. The zero-order chi connectivity index (χ0) is 22.1. The Balaban J connectivity index is 2.17. The summed E-state index contributed by atoms with van der Waals surface area (Å²) in [6, 6.07) is 10.9. The van der Waals surface area contributed by atoms with Gasteiger partial charge in [0, 0.05) is 17.5 Å². The third-order valence-electron chi connectivity index (χ3n) is 5.59. The third-order valence-corrected chi connectivity index (χ3v) is 6.17. The number of rotatable bonds is 4. The number of hydrogen-bond acceptors (Lipinski definition) is 2. The van der Waals surface area contributed by atoms with Gasteiger partial charge in [0.1, 0.15) is 5.60 Å². The number of hydrogen-bond donors (Lipinski definition) is 1. The van der Waals surface area contributed by atoms with Crippen molar-refractivity contribution in [2.75, 3.05) is 20.6 Å². The van der Waals surface area contributed by atoms with E-state index >= 15 is 0 Å². The molecular formula is C23H24Cl2F3NO. The highest BCUT2D eigenvalue weighted by Crippen LogP contribution is 2.48. The fourth-order valence-electron chi connectivity index (χ4n) is 4.21. The summed E-state index contributed by atoms with van der Waals surface area (Å²) >= 11 is 11.8. The monoisotopic (exact) mass is 457 g/mol. The maximum Gasteiger partial charge on any atom is 0.417 e. The van der Waals surface area contributed by atoms with Crippen molar-refractivity contribution in [2.45, 2.75) is 31.0 Å². The lowest BCUT2D eigenvalue weighted by molar-refractivity contribution is -0.137. The summed E-state index contributed by atoms with van der Waals surface area (Å²) in [6.45, 7) is 0.540. The molecular weight excluding hydrogens is 434 g/mol. The Morgan fingerprint density at radius 3 is 2.40 bits per heavy atom. The van der Waals surface area contributed by atoms with Crippen molar-refractivity contribution >= 4 is 29.3 Å². The Kier molecular flexibility index (Phi) is 6.87. The van der Waals surface area contributed by atoms with Crippen LogP contribution in [0.4, 0.5) is 13.2 Å². The molecule has 0 aliphatic heterocycles. The van der Waals surface area contributed by atoms with E-state index in [2.05, 4.69) is 0 Å². The van der Waals surface area contributed by atoms with Crippen molar-refractivity contribution < 1.29 is 18.3 Å². The van der Waals surface area contributed by atoms with Crippen LogP contribution in [0.2, 0.25) is 10.0 Å². The molecule has 1 saturated carbocycles. The highest BCUT2D eigenvalue weighted by Gasteiger charge is 2.45. The average Bonchev–Trinajstić information content (AvgIpc) is 2.66. The first-order valence-corrected chi connectivity index (χ1v) is 10.5. The zero-order valence-electron chi connectivity index (χ0n) is 16.8.